The lowest BCUT2D eigenvalue weighted by Gasteiger charge is -2.12. The number of benzene rings is 1. The number of primary amides is 1. The maximum absolute atomic E-state index is 12.2. The lowest BCUT2D eigenvalue weighted by Crippen LogP contribution is -2.29. The van der Waals surface area contributed by atoms with Crippen molar-refractivity contribution in [2.45, 2.75) is 19.4 Å². The standard InChI is InChI=1S/C20H20N2O6S/c1-12(19(25)22-20-14(18(21)24)7-10-29-20)28-17(23)6-4-13-3-5-15-16(11-13)27-9-2-8-26-15/h3-7,10-12H,2,8-9H2,1H3,(H2,21,24)(H,22,25)/b6-4+/t12-/m1/s1. The highest BCUT2D eigenvalue weighted by atomic mass is 32.1. The van der Waals surface area contributed by atoms with Crippen LogP contribution in [0.2, 0.25) is 0 Å². The number of hydrogen-bond donors (Lipinski definition) is 2. The van der Waals surface area contributed by atoms with Crippen molar-refractivity contribution in [3.05, 3.63) is 46.8 Å². The molecule has 1 aromatic carbocycles. The number of anilines is 1. The molecule has 3 rings (SSSR count). The number of carbonyl (C=O) groups is 3. The molecule has 0 spiro atoms. The first kappa shape index (κ1) is 20.4. The molecule has 1 aliphatic heterocycles. The molecule has 3 N–H and O–H groups in total. The quantitative estimate of drug-likeness (QED) is 0.552. The van der Waals surface area contributed by atoms with E-state index in [1.165, 1.54) is 19.1 Å². The van der Waals surface area contributed by atoms with E-state index in [0.29, 0.717) is 29.7 Å². The maximum atomic E-state index is 12.2. The van der Waals surface area contributed by atoms with Crippen molar-refractivity contribution in [1.29, 1.82) is 0 Å². The Morgan fingerprint density at radius 3 is 2.72 bits per heavy atom. The molecule has 0 bridgehead atoms. The van der Waals surface area contributed by atoms with Crippen molar-refractivity contribution in [2.24, 2.45) is 5.73 Å². The number of thiophene rings is 1. The average molecular weight is 416 g/mol. The van der Waals surface area contributed by atoms with Crippen LogP contribution in [0, 0.1) is 0 Å². The molecule has 8 nitrogen and oxygen atoms in total. The number of carbonyl (C=O) groups excluding carboxylic acids is 3. The number of nitrogens with two attached hydrogens (primary N) is 1. The lowest BCUT2D eigenvalue weighted by molar-refractivity contribution is -0.148. The molecule has 0 saturated heterocycles. The van der Waals surface area contributed by atoms with E-state index in [-0.39, 0.29) is 5.56 Å². The van der Waals surface area contributed by atoms with E-state index in [2.05, 4.69) is 5.32 Å². The van der Waals surface area contributed by atoms with Gasteiger partial charge in [-0.3, -0.25) is 9.59 Å². The van der Waals surface area contributed by atoms with Crippen molar-refractivity contribution in [1.82, 2.24) is 0 Å². The van der Waals surface area contributed by atoms with Crippen LogP contribution in [0.5, 0.6) is 11.5 Å². The third-order valence-corrected chi connectivity index (χ3v) is 4.84. The molecule has 2 heterocycles. The summed E-state index contributed by atoms with van der Waals surface area (Å²) in [4.78, 5) is 35.5. The van der Waals surface area contributed by atoms with Crippen LogP contribution in [0.25, 0.3) is 6.08 Å². The Hall–Kier alpha value is -3.33. The summed E-state index contributed by atoms with van der Waals surface area (Å²) in [7, 11) is 0. The second kappa shape index (κ2) is 9.24. The fourth-order valence-electron chi connectivity index (χ4n) is 2.53. The van der Waals surface area contributed by atoms with Gasteiger partial charge in [-0.05, 0) is 42.1 Å². The Labute approximate surface area is 171 Å². The third-order valence-electron chi connectivity index (χ3n) is 4.01. The zero-order valence-electron chi connectivity index (χ0n) is 15.7. The molecular formula is C20H20N2O6S. The molecule has 1 atom stereocenters. The molecule has 9 heteroatoms. The summed E-state index contributed by atoms with van der Waals surface area (Å²) < 4.78 is 16.3. The van der Waals surface area contributed by atoms with Gasteiger partial charge in [0.1, 0.15) is 5.00 Å². The number of esters is 1. The van der Waals surface area contributed by atoms with Crippen LogP contribution >= 0.6 is 11.3 Å². The zero-order valence-corrected chi connectivity index (χ0v) is 16.5. The maximum Gasteiger partial charge on any atom is 0.331 e. The number of fused-ring (bicyclic) bond motifs is 1. The SMILES string of the molecule is C[C@@H](OC(=O)/C=C/c1ccc2c(c1)OCCCO2)C(=O)Nc1sccc1C(N)=O. The van der Waals surface area contributed by atoms with Crippen molar-refractivity contribution in [3.63, 3.8) is 0 Å². The number of nitrogens with one attached hydrogen (secondary N) is 1. The Kier molecular flexibility index (Phi) is 6.50. The van der Waals surface area contributed by atoms with Crippen LogP contribution in [0.4, 0.5) is 5.00 Å². The van der Waals surface area contributed by atoms with E-state index in [0.717, 1.165) is 23.3 Å². The summed E-state index contributed by atoms with van der Waals surface area (Å²) in [5.41, 5.74) is 6.18. The van der Waals surface area contributed by atoms with Crippen molar-refractivity contribution in [2.75, 3.05) is 18.5 Å². The zero-order chi connectivity index (χ0) is 20.8. The molecule has 29 heavy (non-hydrogen) atoms. The average Bonchev–Trinajstić information content (AvgIpc) is 3.02. The van der Waals surface area contributed by atoms with E-state index >= 15 is 0 Å². The Morgan fingerprint density at radius 2 is 1.97 bits per heavy atom. The highest BCUT2D eigenvalue weighted by Gasteiger charge is 2.20. The van der Waals surface area contributed by atoms with Crippen LogP contribution in [-0.4, -0.2) is 37.1 Å². The predicted octanol–water partition coefficient (Wildman–Crippen LogP) is 2.59. The predicted molar refractivity (Wildman–Crippen MR) is 108 cm³/mol. The molecule has 0 radical (unpaired) electrons. The van der Waals surface area contributed by atoms with E-state index < -0.39 is 23.9 Å². The van der Waals surface area contributed by atoms with Gasteiger partial charge in [-0.15, -0.1) is 11.3 Å². The Balaban J connectivity index is 1.57. The van der Waals surface area contributed by atoms with Gasteiger partial charge in [-0.1, -0.05) is 6.07 Å². The summed E-state index contributed by atoms with van der Waals surface area (Å²) in [6.45, 7) is 2.60. The Bertz CT molecular complexity index is 952. The molecule has 2 amide bonds. The van der Waals surface area contributed by atoms with Gasteiger partial charge in [-0.2, -0.15) is 0 Å². The van der Waals surface area contributed by atoms with E-state index in [4.69, 9.17) is 19.9 Å². The molecule has 1 aromatic heterocycles. The van der Waals surface area contributed by atoms with Gasteiger partial charge in [0, 0.05) is 12.5 Å². The van der Waals surface area contributed by atoms with Crippen LogP contribution in [-0.2, 0) is 14.3 Å². The van der Waals surface area contributed by atoms with Crippen LogP contribution in [0.3, 0.4) is 0 Å². The monoisotopic (exact) mass is 416 g/mol. The molecule has 1 aliphatic rings. The Morgan fingerprint density at radius 1 is 1.21 bits per heavy atom. The highest BCUT2D eigenvalue weighted by Crippen LogP contribution is 2.30. The van der Waals surface area contributed by atoms with E-state index in [1.807, 2.05) is 0 Å². The largest absolute Gasteiger partial charge is 0.490 e. The first-order chi connectivity index (χ1) is 13.9. The third kappa shape index (κ3) is 5.35. The summed E-state index contributed by atoms with van der Waals surface area (Å²) in [6, 6.07) is 6.84. The van der Waals surface area contributed by atoms with Gasteiger partial charge in [0.15, 0.2) is 17.6 Å². The van der Waals surface area contributed by atoms with Gasteiger partial charge >= 0.3 is 5.97 Å². The minimum Gasteiger partial charge on any atom is -0.490 e. The molecular weight excluding hydrogens is 396 g/mol. The number of hydrogen-bond acceptors (Lipinski definition) is 7. The van der Waals surface area contributed by atoms with Gasteiger partial charge in [0.25, 0.3) is 11.8 Å². The van der Waals surface area contributed by atoms with Gasteiger partial charge < -0.3 is 25.3 Å². The molecule has 0 saturated carbocycles. The molecule has 0 fully saturated rings. The van der Waals surface area contributed by atoms with Crippen molar-refractivity contribution in [3.8, 4) is 11.5 Å². The second-order valence-corrected chi connectivity index (χ2v) is 7.10. The van der Waals surface area contributed by atoms with Crippen LogP contribution in [0.1, 0.15) is 29.3 Å². The second-order valence-electron chi connectivity index (χ2n) is 6.19. The topological polar surface area (TPSA) is 117 Å². The smallest absolute Gasteiger partial charge is 0.331 e. The fraction of sp³-hybridized carbons (Fsp3) is 0.250. The first-order valence-electron chi connectivity index (χ1n) is 8.90. The molecule has 0 aliphatic carbocycles. The summed E-state index contributed by atoms with van der Waals surface area (Å²) in [5.74, 6) is -0.610. The summed E-state index contributed by atoms with van der Waals surface area (Å²) in [6.07, 6.45) is 2.53. The van der Waals surface area contributed by atoms with Gasteiger partial charge in [0.05, 0.1) is 18.8 Å². The molecule has 152 valence electrons. The van der Waals surface area contributed by atoms with E-state index in [9.17, 15) is 14.4 Å². The highest BCUT2D eigenvalue weighted by molar-refractivity contribution is 7.14. The van der Waals surface area contributed by atoms with E-state index in [1.54, 1.807) is 29.7 Å². The first-order valence-corrected chi connectivity index (χ1v) is 9.78. The minimum absolute atomic E-state index is 0.205. The van der Waals surface area contributed by atoms with Gasteiger partial charge in [0.2, 0.25) is 0 Å². The van der Waals surface area contributed by atoms with Crippen molar-refractivity contribution >= 4 is 40.2 Å². The molecule has 2 aromatic rings. The number of amides is 2. The summed E-state index contributed by atoms with van der Waals surface area (Å²) in [5, 5.41) is 4.48. The number of rotatable bonds is 6. The van der Waals surface area contributed by atoms with Gasteiger partial charge in [-0.25, -0.2) is 4.79 Å². The lowest BCUT2D eigenvalue weighted by atomic mass is 10.2. The van der Waals surface area contributed by atoms with Crippen LogP contribution in [0.15, 0.2) is 35.7 Å². The number of ether oxygens (including phenoxy) is 3. The minimum atomic E-state index is -1.06. The fourth-order valence-corrected chi connectivity index (χ4v) is 3.32. The van der Waals surface area contributed by atoms with Crippen molar-refractivity contribution < 1.29 is 28.6 Å². The van der Waals surface area contributed by atoms with Crippen LogP contribution < -0.4 is 20.5 Å². The molecule has 0 unspecified atom stereocenters. The normalized spacial score (nSPS) is 14.1. The summed E-state index contributed by atoms with van der Waals surface area (Å²) >= 11 is 1.15.